The Morgan fingerprint density at radius 2 is 2.12 bits per heavy atom. The van der Waals surface area contributed by atoms with Gasteiger partial charge in [-0.2, -0.15) is 5.10 Å². The Kier molecular flexibility index (Phi) is 3.39. The largest absolute Gasteiger partial charge is 0.469 e. The number of nitrogens with zero attached hydrogens (tertiary/aromatic N) is 1. The van der Waals surface area contributed by atoms with E-state index in [0.717, 1.165) is 18.6 Å². The molecule has 1 fully saturated rings. The molecular formula is C12H16N2O2. The summed E-state index contributed by atoms with van der Waals surface area (Å²) >= 11 is 0. The van der Waals surface area contributed by atoms with Gasteiger partial charge in [0.1, 0.15) is 5.76 Å². The molecule has 0 radical (unpaired) electrons. The van der Waals surface area contributed by atoms with Gasteiger partial charge in [-0.05, 0) is 38.7 Å². The van der Waals surface area contributed by atoms with Crippen LogP contribution in [0.3, 0.4) is 0 Å². The van der Waals surface area contributed by atoms with Crippen LogP contribution in [0.25, 0.3) is 0 Å². The smallest absolute Gasteiger partial charge is 0.274 e. The highest BCUT2D eigenvalue weighted by molar-refractivity contribution is 5.96. The van der Waals surface area contributed by atoms with Crippen LogP contribution < -0.4 is 5.43 Å². The van der Waals surface area contributed by atoms with Crippen LogP contribution in [-0.2, 0) is 0 Å². The number of aryl methyl sites for hydroxylation is 1. The molecular weight excluding hydrogens is 204 g/mol. The molecule has 0 aliphatic heterocycles. The molecule has 16 heavy (non-hydrogen) atoms. The summed E-state index contributed by atoms with van der Waals surface area (Å²) in [5.74, 6) is 0.436. The summed E-state index contributed by atoms with van der Waals surface area (Å²) in [5, 5.41) is 4.16. The Balaban J connectivity index is 1.95. The maximum Gasteiger partial charge on any atom is 0.274 e. The number of rotatable bonds is 2. The first-order valence-corrected chi connectivity index (χ1v) is 5.67. The van der Waals surface area contributed by atoms with E-state index in [4.69, 9.17) is 4.42 Å². The molecule has 0 saturated heterocycles. The van der Waals surface area contributed by atoms with E-state index in [1.807, 2.05) is 0 Å². The molecule has 1 heterocycles. The van der Waals surface area contributed by atoms with Crippen molar-refractivity contribution in [1.29, 1.82) is 0 Å². The quantitative estimate of drug-likeness (QED) is 0.779. The van der Waals surface area contributed by atoms with Gasteiger partial charge in [0.25, 0.3) is 5.91 Å². The molecule has 0 aromatic carbocycles. The summed E-state index contributed by atoms with van der Waals surface area (Å²) in [6.45, 7) is 1.77. The minimum atomic E-state index is -0.190. The zero-order valence-electron chi connectivity index (χ0n) is 9.45. The maximum atomic E-state index is 11.7. The van der Waals surface area contributed by atoms with Crippen molar-refractivity contribution in [3.8, 4) is 0 Å². The Bertz CT molecular complexity index is 399. The summed E-state index contributed by atoms with van der Waals surface area (Å²) in [6, 6.07) is 1.66. The van der Waals surface area contributed by atoms with Crippen LogP contribution in [0, 0.1) is 6.92 Å². The third-order valence-corrected chi connectivity index (χ3v) is 2.85. The third kappa shape index (κ3) is 2.51. The molecule has 1 aliphatic carbocycles. The van der Waals surface area contributed by atoms with Gasteiger partial charge in [-0.15, -0.1) is 0 Å². The number of carbonyl (C=O) groups excluding carboxylic acids is 1. The van der Waals surface area contributed by atoms with E-state index in [-0.39, 0.29) is 5.91 Å². The molecule has 1 aromatic rings. The normalized spacial score (nSPS) is 15.9. The van der Waals surface area contributed by atoms with E-state index in [1.54, 1.807) is 13.0 Å². The number of carbonyl (C=O) groups is 1. The lowest BCUT2D eigenvalue weighted by atomic mass is 9.99. The maximum absolute atomic E-state index is 11.7. The van der Waals surface area contributed by atoms with Gasteiger partial charge in [-0.25, -0.2) is 5.43 Å². The van der Waals surface area contributed by atoms with Crippen molar-refractivity contribution in [2.45, 2.75) is 39.0 Å². The van der Waals surface area contributed by atoms with E-state index >= 15 is 0 Å². The fourth-order valence-corrected chi connectivity index (χ4v) is 1.88. The van der Waals surface area contributed by atoms with Gasteiger partial charge >= 0.3 is 0 Å². The molecule has 86 valence electrons. The molecule has 1 amide bonds. The van der Waals surface area contributed by atoms with Crippen molar-refractivity contribution in [1.82, 2.24) is 5.43 Å². The molecule has 1 saturated carbocycles. The van der Waals surface area contributed by atoms with Crippen molar-refractivity contribution in [3.05, 3.63) is 23.7 Å². The minimum Gasteiger partial charge on any atom is -0.469 e. The lowest BCUT2D eigenvalue weighted by molar-refractivity contribution is 0.0953. The van der Waals surface area contributed by atoms with Crippen LogP contribution in [0.5, 0.6) is 0 Å². The third-order valence-electron chi connectivity index (χ3n) is 2.85. The van der Waals surface area contributed by atoms with E-state index in [1.165, 1.54) is 25.5 Å². The number of hydrogen-bond acceptors (Lipinski definition) is 3. The van der Waals surface area contributed by atoms with Crippen LogP contribution in [0.4, 0.5) is 0 Å². The first kappa shape index (κ1) is 10.9. The molecule has 4 nitrogen and oxygen atoms in total. The summed E-state index contributed by atoms with van der Waals surface area (Å²) in [5.41, 5.74) is 4.24. The molecule has 1 aliphatic rings. The van der Waals surface area contributed by atoms with Crippen LogP contribution in [-0.4, -0.2) is 11.6 Å². The monoisotopic (exact) mass is 220 g/mol. The summed E-state index contributed by atoms with van der Waals surface area (Å²) in [7, 11) is 0. The van der Waals surface area contributed by atoms with E-state index in [0.29, 0.717) is 11.3 Å². The molecule has 4 heteroatoms. The predicted octanol–water partition coefficient (Wildman–Crippen LogP) is 2.64. The van der Waals surface area contributed by atoms with Crippen LogP contribution in [0.1, 0.15) is 48.2 Å². The van der Waals surface area contributed by atoms with Crippen molar-refractivity contribution in [3.63, 3.8) is 0 Å². The number of furan rings is 1. The van der Waals surface area contributed by atoms with Crippen LogP contribution >= 0.6 is 0 Å². The van der Waals surface area contributed by atoms with Gasteiger partial charge in [0, 0.05) is 5.71 Å². The van der Waals surface area contributed by atoms with Crippen LogP contribution in [0.15, 0.2) is 21.8 Å². The molecule has 2 rings (SSSR count). The molecule has 1 N–H and O–H groups in total. The predicted molar refractivity (Wildman–Crippen MR) is 61.4 cm³/mol. The van der Waals surface area contributed by atoms with Gasteiger partial charge in [0.05, 0.1) is 11.8 Å². The van der Waals surface area contributed by atoms with Crippen molar-refractivity contribution in [2.24, 2.45) is 5.10 Å². The first-order chi connectivity index (χ1) is 7.77. The fourth-order valence-electron chi connectivity index (χ4n) is 1.88. The highest BCUT2D eigenvalue weighted by Gasteiger charge is 2.11. The van der Waals surface area contributed by atoms with E-state index in [9.17, 15) is 4.79 Å². The average Bonchev–Trinajstić information content (AvgIpc) is 2.74. The van der Waals surface area contributed by atoms with Gasteiger partial charge in [-0.3, -0.25) is 4.79 Å². The van der Waals surface area contributed by atoms with Crippen molar-refractivity contribution < 1.29 is 9.21 Å². The van der Waals surface area contributed by atoms with Crippen molar-refractivity contribution >= 4 is 11.6 Å². The average molecular weight is 220 g/mol. The SMILES string of the molecule is Cc1occc1C(=O)NN=C1CCCCC1. The molecule has 1 aromatic heterocycles. The second-order valence-corrected chi connectivity index (χ2v) is 4.07. The Labute approximate surface area is 94.7 Å². The Morgan fingerprint density at radius 3 is 2.75 bits per heavy atom. The topological polar surface area (TPSA) is 54.6 Å². The standard InChI is InChI=1S/C12H16N2O2/c1-9-11(7-8-16-9)12(15)14-13-10-5-3-2-4-6-10/h7-8H,2-6H2,1H3,(H,14,15). The number of nitrogens with one attached hydrogen (secondary N) is 1. The molecule has 0 unspecified atom stereocenters. The highest BCUT2D eigenvalue weighted by atomic mass is 16.3. The number of hydrazone groups is 1. The number of hydrogen-bond donors (Lipinski definition) is 1. The van der Waals surface area contributed by atoms with E-state index in [2.05, 4.69) is 10.5 Å². The van der Waals surface area contributed by atoms with Gasteiger partial charge in [0.2, 0.25) is 0 Å². The zero-order chi connectivity index (χ0) is 11.4. The summed E-state index contributed by atoms with van der Waals surface area (Å²) < 4.78 is 5.07. The van der Waals surface area contributed by atoms with E-state index < -0.39 is 0 Å². The van der Waals surface area contributed by atoms with Gasteiger partial charge in [-0.1, -0.05) is 6.42 Å². The Morgan fingerprint density at radius 1 is 1.38 bits per heavy atom. The van der Waals surface area contributed by atoms with Gasteiger partial charge in [0.15, 0.2) is 0 Å². The second kappa shape index (κ2) is 4.96. The first-order valence-electron chi connectivity index (χ1n) is 5.67. The lowest BCUT2D eigenvalue weighted by Gasteiger charge is -2.11. The van der Waals surface area contributed by atoms with Gasteiger partial charge < -0.3 is 4.42 Å². The summed E-state index contributed by atoms with van der Waals surface area (Å²) in [4.78, 5) is 11.7. The van der Waals surface area contributed by atoms with Crippen LogP contribution in [0.2, 0.25) is 0 Å². The second-order valence-electron chi connectivity index (χ2n) is 4.07. The molecule has 0 atom stereocenters. The minimum absolute atomic E-state index is 0.190. The molecule has 0 bridgehead atoms. The fraction of sp³-hybridized carbons (Fsp3) is 0.500. The number of amides is 1. The molecule has 0 spiro atoms. The zero-order valence-corrected chi connectivity index (χ0v) is 9.45. The summed E-state index contributed by atoms with van der Waals surface area (Å²) in [6.07, 6.45) is 7.15. The Hall–Kier alpha value is -1.58. The van der Waals surface area contributed by atoms with Crippen molar-refractivity contribution in [2.75, 3.05) is 0 Å². The lowest BCUT2D eigenvalue weighted by Crippen LogP contribution is -2.20. The highest BCUT2D eigenvalue weighted by Crippen LogP contribution is 2.14.